The highest BCUT2D eigenvalue weighted by Crippen LogP contribution is 2.21. The van der Waals surface area contributed by atoms with E-state index in [1.165, 1.54) is 11.3 Å². The maximum absolute atomic E-state index is 14.2. The molecule has 12 heteroatoms. The van der Waals surface area contributed by atoms with Crippen molar-refractivity contribution in [1.29, 1.82) is 0 Å². The molecule has 0 fully saturated rings. The van der Waals surface area contributed by atoms with Gasteiger partial charge in [-0.3, -0.25) is 14.4 Å². The smallest absolute Gasteiger partial charge is 0.408 e. The van der Waals surface area contributed by atoms with E-state index in [0.717, 1.165) is 28.3 Å². The predicted octanol–water partition coefficient (Wildman–Crippen LogP) is 5.31. The van der Waals surface area contributed by atoms with Crippen LogP contribution in [-0.2, 0) is 38.6 Å². The second kappa shape index (κ2) is 20.3. The molecule has 5 atom stereocenters. The molecule has 278 valence electrons. The van der Waals surface area contributed by atoms with Crippen molar-refractivity contribution in [3.05, 3.63) is 101 Å². The van der Waals surface area contributed by atoms with Gasteiger partial charge < -0.3 is 31.1 Å². The normalized spacial score (nSPS) is 14.1. The SMILES string of the molecule is CCC(C)CNC(=O)C[C@H](O)[C@H](CC(C)C)NC(=O)C(Cc1nccs1)NC(=O)[C@H](Cc1cccc2ccccc12)NC(=O)OCc1ccccc1. The van der Waals surface area contributed by atoms with Crippen LogP contribution in [0.4, 0.5) is 4.79 Å². The monoisotopic (exact) mass is 729 g/mol. The lowest BCUT2D eigenvalue weighted by Crippen LogP contribution is -2.57. The molecule has 0 bridgehead atoms. The lowest BCUT2D eigenvalue weighted by Gasteiger charge is -2.29. The Bertz CT molecular complexity index is 1730. The molecule has 4 rings (SSSR count). The van der Waals surface area contributed by atoms with E-state index in [1.54, 1.807) is 11.6 Å². The van der Waals surface area contributed by atoms with Gasteiger partial charge >= 0.3 is 6.09 Å². The first-order valence-electron chi connectivity index (χ1n) is 17.9. The molecule has 2 unspecified atom stereocenters. The lowest BCUT2D eigenvalue weighted by molar-refractivity contribution is -0.131. The highest BCUT2D eigenvalue weighted by Gasteiger charge is 2.32. The molecule has 0 saturated carbocycles. The van der Waals surface area contributed by atoms with E-state index in [4.69, 9.17) is 4.74 Å². The second-order valence-electron chi connectivity index (χ2n) is 13.6. The fourth-order valence-electron chi connectivity index (χ4n) is 5.76. The molecule has 5 N–H and O–H groups in total. The first-order chi connectivity index (χ1) is 25.0. The van der Waals surface area contributed by atoms with E-state index in [9.17, 15) is 24.3 Å². The third kappa shape index (κ3) is 12.8. The Morgan fingerprint density at radius 3 is 2.25 bits per heavy atom. The third-order valence-electron chi connectivity index (χ3n) is 8.88. The molecule has 0 spiro atoms. The van der Waals surface area contributed by atoms with E-state index in [1.807, 2.05) is 100 Å². The van der Waals surface area contributed by atoms with Gasteiger partial charge in [-0.25, -0.2) is 9.78 Å². The lowest BCUT2D eigenvalue weighted by atomic mass is 9.96. The number of alkyl carbamates (subject to hydrolysis) is 1. The zero-order valence-corrected chi connectivity index (χ0v) is 31.2. The van der Waals surface area contributed by atoms with Gasteiger partial charge in [0.15, 0.2) is 0 Å². The third-order valence-corrected chi connectivity index (χ3v) is 9.68. The van der Waals surface area contributed by atoms with Gasteiger partial charge in [-0.15, -0.1) is 11.3 Å². The summed E-state index contributed by atoms with van der Waals surface area (Å²) < 4.78 is 5.48. The summed E-state index contributed by atoms with van der Waals surface area (Å²) >= 11 is 1.34. The minimum atomic E-state index is -1.15. The van der Waals surface area contributed by atoms with E-state index in [2.05, 4.69) is 26.3 Å². The highest BCUT2D eigenvalue weighted by molar-refractivity contribution is 7.09. The Morgan fingerprint density at radius 2 is 1.54 bits per heavy atom. The van der Waals surface area contributed by atoms with Crippen LogP contribution in [0, 0.1) is 11.8 Å². The summed E-state index contributed by atoms with van der Waals surface area (Å²) in [6.07, 6.45) is 1.02. The number of amides is 4. The molecule has 1 aromatic heterocycles. The van der Waals surface area contributed by atoms with Crippen molar-refractivity contribution in [2.45, 2.75) is 90.6 Å². The van der Waals surface area contributed by atoms with Gasteiger partial charge in [-0.2, -0.15) is 0 Å². The Labute approximate surface area is 310 Å². The second-order valence-corrected chi connectivity index (χ2v) is 14.6. The Kier molecular flexibility index (Phi) is 15.6. The number of nitrogens with zero attached hydrogens (tertiary/aromatic N) is 1. The number of nitrogens with one attached hydrogen (secondary N) is 4. The van der Waals surface area contributed by atoms with Crippen LogP contribution in [0.1, 0.15) is 63.1 Å². The summed E-state index contributed by atoms with van der Waals surface area (Å²) in [6, 6.07) is 19.8. The van der Waals surface area contributed by atoms with Crippen molar-refractivity contribution >= 4 is 45.9 Å². The van der Waals surface area contributed by atoms with Crippen molar-refractivity contribution in [1.82, 2.24) is 26.3 Å². The van der Waals surface area contributed by atoms with Crippen LogP contribution in [0.15, 0.2) is 84.4 Å². The molecule has 11 nitrogen and oxygen atoms in total. The van der Waals surface area contributed by atoms with E-state index < -0.39 is 42.1 Å². The molecule has 3 aromatic carbocycles. The summed E-state index contributed by atoms with van der Waals surface area (Å²) in [4.78, 5) is 58.3. The Morgan fingerprint density at radius 1 is 0.846 bits per heavy atom. The number of rotatable bonds is 19. The number of ether oxygens (including phenoxy) is 1. The van der Waals surface area contributed by atoms with Crippen LogP contribution in [0.25, 0.3) is 10.8 Å². The predicted molar refractivity (Wildman–Crippen MR) is 203 cm³/mol. The first kappa shape index (κ1) is 40.0. The number of fused-ring (bicyclic) bond motifs is 1. The minimum Gasteiger partial charge on any atom is -0.445 e. The van der Waals surface area contributed by atoms with Gasteiger partial charge in [0.1, 0.15) is 18.7 Å². The van der Waals surface area contributed by atoms with Gasteiger partial charge in [0, 0.05) is 31.0 Å². The fraction of sp³-hybridized carbons (Fsp3) is 0.425. The molecule has 1 heterocycles. The Balaban J connectivity index is 1.54. The van der Waals surface area contributed by atoms with Crippen LogP contribution in [-0.4, -0.2) is 64.7 Å². The number of hydrogen-bond donors (Lipinski definition) is 5. The number of carbonyl (C=O) groups is 4. The zero-order chi connectivity index (χ0) is 37.5. The molecule has 52 heavy (non-hydrogen) atoms. The molecule has 0 radical (unpaired) electrons. The van der Waals surface area contributed by atoms with Gasteiger partial charge in [-0.1, -0.05) is 107 Å². The van der Waals surface area contributed by atoms with Crippen molar-refractivity contribution in [3.63, 3.8) is 0 Å². The van der Waals surface area contributed by atoms with Gasteiger partial charge in [0.05, 0.1) is 23.6 Å². The topological polar surface area (TPSA) is 159 Å². The molecule has 0 aliphatic carbocycles. The van der Waals surface area contributed by atoms with Crippen LogP contribution in [0.3, 0.4) is 0 Å². The summed E-state index contributed by atoms with van der Waals surface area (Å²) in [5, 5.41) is 26.8. The van der Waals surface area contributed by atoms with Gasteiger partial charge in [0.2, 0.25) is 17.7 Å². The maximum atomic E-state index is 14.2. The fourth-order valence-corrected chi connectivity index (χ4v) is 6.42. The van der Waals surface area contributed by atoms with Crippen molar-refractivity contribution in [2.75, 3.05) is 6.54 Å². The summed E-state index contributed by atoms with van der Waals surface area (Å²) in [6.45, 7) is 8.51. The number of thiazole rings is 1. The molecule has 0 aliphatic heterocycles. The van der Waals surface area contributed by atoms with E-state index >= 15 is 0 Å². The number of aromatic nitrogens is 1. The summed E-state index contributed by atoms with van der Waals surface area (Å²) in [7, 11) is 0. The number of hydrogen-bond acceptors (Lipinski definition) is 8. The van der Waals surface area contributed by atoms with Gasteiger partial charge in [0.25, 0.3) is 0 Å². The number of aliphatic hydroxyl groups excluding tert-OH is 1. The van der Waals surface area contributed by atoms with Crippen LogP contribution in [0.2, 0.25) is 0 Å². The largest absolute Gasteiger partial charge is 0.445 e. The molecular weight excluding hydrogens is 679 g/mol. The molecular formula is C40H51N5O6S. The summed E-state index contributed by atoms with van der Waals surface area (Å²) in [5.41, 5.74) is 1.62. The van der Waals surface area contributed by atoms with Crippen LogP contribution >= 0.6 is 11.3 Å². The minimum absolute atomic E-state index is 0.0135. The average Bonchev–Trinajstić information content (AvgIpc) is 3.65. The average molecular weight is 730 g/mol. The summed E-state index contributed by atoms with van der Waals surface area (Å²) in [5.74, 6) is -1.04. The number of carbonyl (C=O) groups excluding carboxylic acids is 4. The standard InChI is InChI=1S/C40H51N5O6S/c1-5-27(4)24-42-36(47)23-35(46)32(20-26(2)3)43-39(49)34(22-37-41-18-19-52-37)44-38(48)33(45-40(50)51-25-28-12-7-6-8-13-28)21-30-16-11-15-29-14-9-10-17-31(29)30/h6-19,26-27,32-35,46H,5,20-25H2,1-4H3,(H,42,47)(H,43,49)(H,44,48)(H,45,50)/t27?,32-,33-,34?,35-/m0/s1. The quantitative estimate of drug-likeness (QED) is 0.0876. The van der Waals surface area contributed by atoms with Crippen molar-refractivity contribution in [3.8, 4) is 0 Å². The number of benzene rings is 3. The van der Waals surface area contributed by atoms with Crippen molar-refractivity contribution in [2.24, 2.45) is 11.8 Å². The van der Waals surface area contributed by atoms with Crippen LogP contribution < -0.4 is 21.3 Å². The van der Waals surface area contributed by atoms with E-state index in [0.29, 0.717) is 23.9 Å². The number of aliphatic hydroxyl groups is 1. The molecule has 0 saturated heterocycles. The molecule has 4 aromatic rings. The molecule has 0 aliphatic rings. The van der Waals surface area contributed by atoms with E-state index in [-0.39, 0.29) is 37.7 Å². The van der Waals surface area contributed by atoms with Gasteiger partial charge in [-0.05, 0) is 40.2 Å². The van der Waals surface area contributed by atoms with Crippen LogP contribution in [0.5, 0.6) is 0 Å². The van der Waals surface area contributed by atoms with Crippen molar-refractivity contribution < 1.29 is 29.0 Å². The first-order valence-corrected chi connectivity index (χ1v) is 18.8. The maximum Gasteiger partial charge on any atom is 0.408 e. The zero-order valence-electron chi connectivity index (χ0n) is 30.3. The highest BCUT2D eigenvalue weighted by atomic mass is 32.1. The Hall–Kier alpha value is -4.81. The molecule has 4 amide bonds.